The topological polar surface area (TPSA) is 34.1 Å². The molecular weight excluding hydrogens is 164 g/mol. The van der Waals surface area contributed by atoms with E-state index < -0.39 is 0 Å². The third-order valence-electron chi connectivity index (χ3n) is 2.44. The quantitative estimate of drug-likeness (QED) is 0.609. The monoisotopic (exact) mass is 184 g/mol. The highest BCUT2D eigenvalue weighted by Gasteiger charge is 2.10. The third-order valence-corrected chi connectivity index (χ3v) is 2.44. The van der Waals surface area contributed by atoms with Gasteiger partial charge in [0.2, 0.25) is 0 Å². The molecule has 0 aromatic rings. The predicted octanol–water partition coefficient (Wildman–Crippen LogP) is 2.75. The van der Waals surface area contributed by atoms with Crippen LogP contribution in [0.1, 0.15) is 52.9 Å². The molecule has 0 heterocycles. The van der Waals surface area contributed by atoms with Gasteiger partial charge in [-0.15, -0.1) is 0 Å². The molecule has 0 aliphatic rings. The van der Waals surface area contributed by atoms with Crippen LogP contribution < -0.4 is 0 Å². The van der Waals surface area contributed by atoms with Crippen LogP contribution >= 0.6 is 0 Å². The third kappa shape index (κ3) is 5.56. The lowest BCUT2D eigenvalue weighted by Crippen LogP contribution is -2.10. The fourth-order valence-electron chi connectivity index (χ4n) is 1.11. The lowest BCUT2D eigenvalue weighted by atomic mass is 9.98. The van der Waals surface area contributed by atoms with E-state index in [2.05, 4.69) is 0 Å². The molecule has 1 unspecified atom stereocenters. The van der Waals surface area contributed by atoms with Crippen molar-refractivity contribution in [3.05, 3.63) is 0 Å². The maximum Gasteiger partial charge on any atom is 0.135 e. The number of carbonyl (C=O) groups excluding carboxylic acids is 2. The summed E-state index contributed by atoms with van der Waals surface area (Å²) in [5.74, 6) is 0.722. The number of carbonyl (C=O) groups is 2. The van der Waals surface area contributed by atoms with Crippen LogP contribution in [0.5, 0.6) is 0 Å². The number of hydrogen-bond acceptors (Lipinski definition) is 2. The van der Waals surface area contributed by atoms with Crippen LogP contribution in [0.4, 0.5) is 0 Å². The van der Waals surface area contributed by atoms with Crippen molar-refractivity contribution in [2.24, 2.45) is 5.92 Å². The van der Waals surface area contributed by atoms with Crippen molar-refractivity contribution < 1.29 is 9.59 Å². The highest BCUT2D eigenvalue weighted by Crippen LogP contribution is 2.08. The summed E-state index contributed by atoms with van der Waals surface area (Å²) in [7, 11) is 0. The fourth-order valence-corrected chi connectivity index (χ4v) is 1.11. The molecule has 0 aromatic carbocycles. The van der Waals surface area contributed by atoms with Crippen molar-refractivity contribution in [1.29, 1.82) is 0 Å². The molecule has 0 saturated heterocycles. The first-order chi connectivity index (χ1) is 6.11. The van der Waals surface area contributed by atoms with E-state index in [4.69, 9.17) is 0 Å². The molecule has 0 spiro atoms. The average Bonchev–Trinajstić information content (AvgIpc) is 2.15. The van der Waals surface area contributed by atoms with Crippen molar-refractivity contribution >= 4 is 11.6 Å². The minimum atomic E-state index is 0.164. The summed E-state index contributed by atoms with van der Waals surface area (Å²) in [5.41, 5.74) is 0. The number of Topliss-reactive ketones (excluding diaryl/α,β-unsaturated/α-hetero) is 2. The molecule has 0 saturated carbocycles. The number of hydrogen-bond donors (Lipinski definition) is 0. The van der Waals surface area contributed by atoms with E-state index in [1.807, 2.05) is 20.8 Å². The maximum atomic E-state index is 11.3. The minimum Gasteiger partial charge on any atom is -0.300 e. The molecule has 0 aromatic heterocycles. The molecule has 1 atom stereocenters. The van der Waals surface area contributed by atoms with Crippen molar-refractivity contribution in [1.82, 2.24) is 0 Å². The Morgan fingerprint density at radius 3 is 2.23 bits per heavy atom. The van der Waals surface area contributed by atoms with Gasteiger partial charge in [0.1, 0.15) is 11.6 Å². The van der Waals surface area contributed by atoms with Gasteiger partial charge in [-0.3, -0.25) is 9.59 Å². The normalized spacial score (nSPS) is 12.5. The lowest BCUT2D eigenvalue weighted by Gasteiger charge is -2.05. The molecule has 0 aliphatic heterocycles. The first-order valence-corrected chi connectivity index (χ1v) is 5.16. The molecule has 0 fully saturated rings. The summed E-state index contributed by atoms with van der Waals surface area (Å²) in [5, 5.41) is 0. The molecule has 0 radical (unpaired) electrons. The zero-order chi connectivity index (χ0) is 10.3. The van der Waals surface area contributed by atoms with Crippen LogP contribution in [-0.4, -0.2) is 11.6 Å². The van der Waals surface area contributed by atoms with Gasteiger partial charge in [-0.1, -0.05) is 20.8 Å². The molecule has 13 heavy (non-hydrogen) atoms. The second kappa shape index (κ2) is 6.81. The van der Waals surface area contributed by atoms with Crippen LogP contribution in [0.2, 0.25) is 0 Å². The van der Waals surface area contributed by atoms with Gasteiger partial charge in [-0.05, 0) is 12.8 Å². The number of ketones is 2. The molecule has 0 N–H and O–H groups in total. The van der Waals surface area contributed by atoms with E-state index >= 15 is 0 Å². The van der Waals surface area contributed by atoms with Crippen molar-refractivity contribution in [2.45, 2.75) is 52.9 Å². The first-order valence-electron chi connectivity index (χ1n) is 5.16. The summed E-state index contributed by atoms with van der Waals surface area (Å²) >= 11 is 0. The Hall–Kier alpha value is -0.660. The molecule has 0 amide bonds. The minimum absolute atomic E-state index is 0.164. The summed E-state index contributed by atoms with van der Waals surface area (Å²) in [6, 6.07) is 0. The molecule has 76 valence electrons. The van der Waals surface area contributed by atoms with Gasteiger partial charge in [0, 0.05) is 25.2 Å². The van der Waals surface area contributed by atoms with E-state index in [0.717, 1.165) is 12.8 Å². The fraction of sp³-hybridized carbons (Fsp3) is 0.818. The zero-order valence-corrected chi connectivity index (χ0v) is 8.93. The Balaban J connectivity index is 3.53. The molecule has 2 nitrogen and oxygen atoms in total. The number of rotatable bonds is 7. The lowest BCUT2D eigenvalue weighted by molar-refractivity contribution is -0.122. The SMILES string of the molecule is CCC(=O)CCCC(=O)C(C)CC. The Morgan fingerprint density at radius 2 is 1.77 bits per heavy atom. The second-order valence-corrected chi connectivity index (χ2v) is 3.52. The first kappa shape index (κ1) is 12.3. The van der Waals surface area contributed by atoms with Gasteiger partial charge in [0.15, 0.2) is 0 Å². The van der Waals surface area contributed by atoms with Crippen LogP contribution in [-0.2, 0) is 9.59 Å². The van der Waals surface area contributed by atoms with Crippen LogP contribution in [0, 0.1) is 5.92 Å². The van der Waals surface area contributed by atoms with Gasteiger partial charge in [0.05, 0.1) is 0 Å². The average molecular weight is 184 g/mol. The molecule has 0 rings (SSSR count). The summed E-state index contributed by atoms with van der Waals surface area (Å²) in [6.07, 6.45) is 3.37. The summed E-state index contributed by atoms with van der Waals surface area (Å²) in [4.78, 5) is 22.3. The zero-order valence-electron chi connectivity index (χ0n) is 8.93. The maximum absolute atomic E-state index is 11.3. The largest absolute Gasteiger partial charge is 0.300 e. The molecular formula is C11H20O2. The highest BCUT2D eigenvalue weighted by atomic mass is 16.1. The van der Waals surface area contributed by atoms with Gasteiger partial charge < -0.3 is 0 Å². The van der Waals surface area contributed by atoms with Gasteiger partial charge in [-0.25, -0.2) is 0 Å². The molecule has 0 aliphatic carbocycles. The standard InChI is InChI=1S/C11H20O2/c1-4-9(3)11(13)8-6-7-10(12)5-2/h9H,4-8H2,1-3H3. The van der Waals surface area contributed by atoms with Crippen molar-refractivity contribution in [3.63, 3.8) is 0 Å². The van der Waals surface area contributed by atoms with Gasteiger partial charge in [-0.2, -0.15) is 0 Å². The Labute approximate surface area is 80.7 Å². The van der Waals surface area contributed by atoms with Crippen molar-refractivity contribution in [2.75, 3.05) is 0 Å². The van der Waals surface area contributed by atoms with E-state index in [-0.39, 0.29) is 11.7 Å². The highest BCUT2D eigenvalue weighted by molar-refractivity contribution is 5.82. The van der Waals surface area contributed by atoms with Gasteiger partial charge >= 0.3 is 0 Å². The van der Waals surface area contributed by atoms with E-state index in [9.17, 15) is 9.59 Å². The summed E-state index contributed by atoms with van der Waals surface area (Å²) < 4.78 is 0. The second-order valence-electron chi connectivity index (χ2n) is 3.52. The van der Waals surface area contributed by atoms with Crippen LogP contribution in [0.3, 0.4) is 0 Å². The predicted molar refractivity (Wildman–Crippen MR) is 53.6 cm³/mol. The van der Waals surface area contributed by atoms with E-state index in [1.54, 1.807) is 0 Å². The molecule has 0 bridgehead atoms. The molecule has 2 heteroatoms. The smallest absolute Gasteiger partial charge is 0.135 e. The summed E-state index contributed by atoms with van der Waals surface area (Å²) in [6.45, 7) is 5.82. The Morgan fingerprint density at radius 1 is 1.15 bits per heavy atom. The Bertz CT molecular complexity index is 173. The van der Waals surface area contributed by atoms with Crippen molar-refractivity contribution in [3.8, 4) is 0 Å². The van der Waals surface area contributed by atoms with E-state index in [0.29, 0.717) is 25.0 Å². The van der Waals surface area contributed by atoms with E-state index in [1.165, 1.54) is 0 Å². The van der Waals surface area contributed by atoms with Crippen LogP contribution in [0.15, 0.2) is 0 Å². The Kier molecular flexibility index (Phi) is 6.47. The van der Waals surface area contributed by atoms with Crippen LogP contribution in [0.25, 0.3) is 0 Å². The van der Waals surface area contributed by atoms with Gasteiger partial charge in [0.25, 0.3) is 0 Å².